The molecule has 0 unspecified atom stereocenters. The van der Waals surface area contributed by atoms with E-state index in [4.69, 9.17) is 5.73 Å². The van der Waals surface area contributed by atoms with E-state index < -0.39 is 28.8 Å². The summed E-state index contributed by atoms with van der Waals surface area (Å²) in [6.07, 6.45) is 6.18. The minimum absolute atomic E-state index is 0.0423. The number of benzene rings is 2. The second-order valence-corrected chi connectivity index (χ2v) is 10.6. The van der Waals surface area contributed by atoms with E-state index >= 15 is 0 Å². The molecule has 1 amide bonds. The molecule has 11 heteroatoms. The Hall–Kier alpha value is -4.12. The van der Waals surface area contributed by atoms with E-state index in [0.717, 1.165) is 67.0 Å². The second-order valence-electron chi connectivity index (χ2n) is 10.6. The van der Waals surface area contributed by atoms with Crippen LogP contribution in [0.25, 0.3) is 16.6 Å². The lowest BCUT2D eigenvalue weighted by molar-refractivity contribution is 0.102. The fourth-order valence-corrected chi connectivity index (χ4v) is 5.58. The molecule has 2 aliphatic carbocycles. The van der Waals surface area contributed by atoms with Gasteiger partial charge in [0.25, 0.3) is 11.5 Å². The van der Waals surface area contributed by atoms with Crippen molar-refractivity contribution in [3.63, 3.8) is 0 Å². The Labute approximate surface area is 215 Å². The molecular weight excluding hydrogens is 492 g/mol. The zero-order valence-corrected chi connectivity index (χ0v) is 20.4. The Bertz CT molecular complexity index is 1650. The van der Waals surface area contributed by atoms with Crippen molar-refractivity contribution < 1.29 is 13.6 Å². The van der Waals surface area contributed by atoms with Crippen molar-refractivity contribution in [3.8, 4) is 5.69 Å². The van der Waals surface area contributed by atoms with E-state index in [0.29, 0.717) is 23.0 Å². The van der Waals surface area contributed by atoms with Crippen LogP contribution in [0.2, 0.25) is 0 Å². The Morgan fingerprint density at radius 1 is 1.05 bits per heavy atom. The predicted octanol–water partition coefficient (Wildman–Crippen LogP) is 3.38. The van der Waals surface area contributed by atoms with E-state index in [9.17, 15) is 18.4 Å². The van der Waals surface area contributed by atoms with Gasteiger partial charge in [0.15, 0.2) is 11.6 Å². The van der Waals surface area contributed by atoms with Crippen LogP contribution in [-0.2, 0) is 0 Å². The molecule has 0 bridgehead atoms. The third kappa shape index (κ3) is 3.60. The maximum atomic E-state index is 14.4. The molecule has 3 fully saturated rings. The summed E-state index contributed by atoms with van der Waals surface area (Å²) in [6.45, 7) is 1.45. The molecule has 1 saturated heterocycles. The minimum atomic E-state index is -0.961. The molecule has 3 heterocycles. The molecule has 0 radical (unpaired) electrons. The zero-order valence-electron chi connectivity index (χ0n) is 20.4. The molecule has 1 spiro atoms. The summed E-state index contributed by atoms with van der Waals surface area (Å²) in [6, 6.07) is 9.74. The van der Waals surface area contributed by atoms with Gasteiger partial charge < -0.3 is 16.0 Å². The molecule has 7 rings (SSSR count). The van der Waals surface area contributed by atoms with Crippen LogP contribution in [0, 0.1) is 17.0 Å². The molecule has 38 heavy (non-hydrogen) atoms. The topological polar surface area (TPSA) is 111 Å². The quantitative estimate of drug-likeness (QED) is 0.420. The van der Waals surface area contributed by atoms with Crippen LogP contribution in [0.15, 0.2) is 53.5 Å². The van der Waals surface area contributed by atoms with Crippen molar-refractivity contribution in [1.29, 1.82) is 0 Å². The average molecular weight is 518 g/mol. The fraction of sp³-hybridized carbons (Fsp3) is 0.333. The summed E-state index contributed by atoms with van der Waals surface area (Å²) in [5, 5.41) is 12.5. The number of halogens is 2. The number of nitrogens with zero attached hydrogens (tertiary/aromatic N) is 5. The molecule has 2 aromatic heterocycles. The molecule has 3 N–H and O–H groups in total. The fourth-order valence-electron chi connectivity index (χ4n) is 5.58. The molecular formula is C27H25F2N7O2. The number of rotatable bonds is 5. The SMILES string of the molecule is N[C@H]1CN(c2c(NC(=O)c3ccc(=O)n(-c4c(F)cccc4F)n3)ccc3c2cnn3C2CC2)CC12CC2. The highest BCUT2D eigenvalue weighted by Gasteiger charge is 2.54. The van der Waals surface area contributed by atoms with E-state index in [2.05, 4.69) is 20.4 Å². The Kier molecular flexibility index (Phi) is 4.96. The molecule has 1 atom stereocenters. The number of aromatic nitrogens is 4. The lowest BCUT2D eigenvalue weighted by Gasteiger charge is -2.23. The van der Waals surface area contributed by atoms with Gasteiger partial charge in [0, 0.05) is 36.0 Å². The van der Waals surface area contributed by atoms with Crippen LogP contribution >= 0.6 is 0 Å². The van der Waals surface area contributed by atoms with Gasteiger partial charge in [0.05, 0.1) is 29.1 Å². The van der Waals surface area contributed by atoms with Crippen LogP contribution in [0.5, 0.6) is 0 Å². The maximum Gasteiger partial charge on any atom is 0.276 e. The molecule has 1 aliphatic heterocycles. The van der Waals surface area contributed by atoms with Gasteiger partial charge in [-0.2, -0.15) is 14.9 Å². The smallest absolute Gasteiger partial charge is 0.276 e. The zero-order chi connectivity index (χ0) is 26.2. The van der Waals surface area contributed by atoms with Gasteiger partial charge in [-0.05, 0) is 56.0 Å². The normalized spacial score (nSPS) is 19.9. The number of carbonyl (C=O) groups excluding carboxylic acids is 1. The van der Waals surface area contributed by atoms with Crippen molar-refractivity contribution in [3.05, 3.63) is 76.3 Å². The number of para-hydroxylation sites is 1. The molecule has 2 saturated carbocycles. The van der Waals surface area contributed by atoms with Gasteiger partial charge in [-0.25, -0.2) is 8.78 Å². The van der Waals surface area contributed by atoms with Crippen molar-refractivity contribution in [2.45, 2.75) is 37.8 Å². The molecule has 9 nitrogen and oxygen atoms in total. The van der Waals surface area contributed by atoms with Crippen LogP contribution in [0.3, 0.4) is 0 Å². The van der Waals surface area contributed by atoms with Crippen LogP contribution < -0.4 is 21.5 Å². The number of nitrogens with two attached hydrogens (primary N) is 1. The highest BCUT2D eigenvalue weighted by Crippen LogP contribution is 2.54. The van der Waals surface area contributed by atoms with Gasteiger partial charge in [0.1, 0.15) is 11.4 Å². The van der Waals surface area contributed by atoms with Gasteiger partial charge in [-0.15, -0.1) is 0 Å². The number of fused-ring (bicyclic) bond motifs is 1. The third-order valence-corrected chi connectivity index (χ3v) is 7.99. The molecule has 194 valence electrons. The van der Waals surface area contributed by atoms with E-state index in [-0.39, 0.29) is 17.2 Å². The highest BCUT2D eigenvalue weighted by molar-refractivity contribution is 6.09. The van der Waals surface area contributed by atoms with E-state index in [1.807, 2.05) is 23.0 Å². The molecule has 4 aromatic rings. The number of hydrogen-bond donors (Lipinski definition) is 2. The first-order chi connectivity index (χ1) is 18.3. The largest absolute Gasteiger partial charge is 0.367 e. The van der Waals surface area contributed by atoms with Crippen LogP contribution in [-0.4, -0.2) is 44.6 Å². The summed E-state index contributed by atoms with van der Waals surface area (Å²) < 4.78 is 31.3. The van der Waals surface area contributed by atoms with Crippen molar-refractivity contribution in [1.82, 2.24) is 19.6 Å². The lowest BCUT2D eigenvalue weighted by Crippen LogP contribution is -2.30. The van der Waals surface area contributed by atoms with Crippen LogP contribution in [0.1, 0.15) is 42.2 Å². The first-order valence-electron chi connectivity index (χ1n) is 12.7. The summed E-state index contributed by atoms with van der Waals surface area (Å²) in [7, 11) is 0. The van der Waals surface area contributed by atoms with Crippen molar-refractivity contribution in [2.75, 3.05) is 23.3 Å². The summed E-state index contributed by atoms with van der Waals surface area (Å²) in [5.74, 6) is -2.54. The summed E-state index contributed by atoms with van der Waals surface area (Å²) in [4.78, 5) is 28.0. The minimum Gasteiger partial charge on any atom is -0.367 e. The number of hydrogen-bond acceptors (Lipinski definition) is 6. The average Bonchev–Trinajstić information content (AvgIpc) is 3.81. The Balaban J connectivity index is 1.28. The molecule has 3 aliphatic rings. The van der Waals surface area contributed by atoms with Gasteiger partial charge in [-0.3, -0.25) is 14.3 Å². The van der Waals surface area contributed by atoms with Gasteiger partial charge >= 0.3 is 0 Å². The predicted molar refractivity (Wildman–Crippen MR) is 138 cm³/mol. The van der Waals surface area contributed by atoms with E-state index in [1.165, 1.54) is 12.1 Å². The Morgan fingerprint density at radius 3 is 2.50 bits per heavy atom. The maximum absolute atomic E-state index is 14.4. The second kappa shape index (κ2) is 8.19. The van der Waals surface area contributed by atoms with Crippen molar-refractivity contribution in [2.24, 2.45) is 11.1 Å². The monoisotopic (exact) mass is 517 g/mol. The molecule has 2 aromatic carbocycles. The third-order valence-electron chi connectivity index (χ3n) is 7.99. The van der Waals surface area contributed by atoms with E-state index in [1.54, 1.807) is 0 Å². The highest BCUT2D eigenvalue weighted by atomic mass is 19.1. The van der Waals surface area contributed by atoms with Crippen molar-refractivity contribution >= 4 is 28.2 Å². The van der Waals surface area contributed by atoms with Gasteiger partial charge in [0.2, 0.25) is 0 Å². The number of nitrogens with one attached hydrogen (secondary N) is 1. The summed E-state index contributed by atoms with van der Waals surface area (Å²) >= 11 is 0. The first kappa shape index (κ1) is 23.0. The number of amides is 1. The number of carbonyl (C=O) groups is 1. The Morgan fingerprint density at radius 2 is 1.82 bits per heavy atom. The standard InChI is InChI=1S/C27H25F2N7O2/c28-17-2-1-3-18(29)25(17)36-23(37)9-7-20(33-36)26(38)32-19-6-8-21-16(12-31-35(21)15-4-5-15)24(19)34-13-22(30)27(14-34)10-11-27/h1-3,6-9,12,15,22H,4-5,10-11,13-14,30H2,(H,32,38)/t22-/m0/s1. The van der Waals surface area contributed by atoms with Crippen LogP contribution in [0.4, 0.5) is 20.2 Å². The van der Waals surface area contributed by atoms with Gasteiger partial charge in [-0.1, -0.05) is 6.07 Å². The summed E-state index contributed by atoms with van der Waals surface area (Å²) in [5.41, 5.74) is 7.45. The lowest BCUT2D eigenvalue weighted by atomic mass is 10.0. The first-order valence-corrected chi connectivity index (χ1v) is 12.7. The number of anilines is 2.